The summed E-state index contributed by atoms with van der Waals surface area (Å²) < 4.78 is 0. The van der Waals surface area contributed by atoms with Gasteiger partial charge < -0.3 is 20.4 Å². The highest BCUT2D eigenvalue weighted by molar-refractivity contribution is 5.72. The highest BCUT2D eigenvalue weighted by Crippen LogP contribution is 2.15. The molecule has 0 saturated carbocycles. The topological polar surface area (TPSA) is 152 Å². The van der Waals surface area contributed by atoms with Gasteiger partial charge in [0, 0.05) is 25.3 Å². The van der Waals surface area contributed by atoms with Gasteiger partial charge in [0.05, 0.1) is 31.9 Å². The third-order valence-corrected chi connectivity index (χ3v) is 4.37. The van der Waals surface area contributed by atoms with Crippen molar-refractivity contribution in [1.82, 2.24) is 14.8 Å². The molecule has 1 unspecified atom stereocenters. The summed E-state index contributed by atoms with van der Waals surface area (Å²) in [6.45, 7) is 0.982. The van der Waals surface area contributed by atoms with E-state index in [-0.39, 0.29) is 32.3 Å². The summed E-state index contributed by atoms with van der Waals surface area (Å²) in [4.78, 5) is 40.9. The van der Waals surface area contributed by atoms with Gasteiger partial charge in [-0.05, 0) is 18.1 Å². The Morgan fingerprint density at radius 1 is 1.03 bits per heavy atom. The number of aliphatic carboxylic acids is 3. The minimum absolute atomic E-state index is 0.112. The Balaban J connectivity index is 3.05. The molecule has 0 aromatic carbocycles. The normalized spacial score (nSPS) is 12.3. The predicted molar refractivity (Wildman–Crippen MR) is 103 cm³/mol. The molecule has 162 valence electrons. The molecule has 4 N–H and O–H groups in total. The fraction of sp³-hybridized carbons (Fsp3) is 0.579. The van der Waals surface area contributed by atoms with Crippen LogP contribution in [0.4, 0.5) is 0 Å². The third kappa shape index (κ3) is 9.97. The van der Waals surface area contributed by atoms with Crippen LogP contribution >= 0.6 is 0 Å². The highest BCUT2D eigenvalue weighted by atomic mass is 16.4. The minimum Gasteiger partial charge on any atom is -0.480 e. The van der Waals surface area contributed by atoms with E-state index in [1.807, 2.05) is 6.92 Å². The largest absolute Gasteiger partial charge is 0.480 e. The number of carboxylic acids is 3. The summed E-state index contributed by atoms with van der Waals surface area (Å²) in [6, 6.07) is 3.04. The average molecular weight is 411 g/mol. The van der Waals surface area contributed by atoms with Crippen LogP contribution < -0.4 is 0 Å². The van der Waals surface area contributed by atoms with Crippen molar-refractivity contribution in [3.05, 3.63) is 29.6 Å². The summed E-state index contributed by atoms with van der Waals surface area (Å²) in [5, 5.41) is 36.6. The summed E-state index contributed by atoms with van der Waals surface area (Å²) in [6.07, 6.45) is 3.75. The molecule has 1 atom stereocenters. The number of hydrogen-bond acceptors (Lipinski definition) is 7. The predicted octanol–water partition coefficient (Wildman–Crippen LogP) is 0.491. The molecule has 0 amide bonds. The summed E-state index contributed by atoms with van der Waals surface area (Å²) >= 11 is 0. The lowest BCUT2D eigenvalue weighted by atomic mass is 10.1. The van der Waals surface area contributed by atoms with Crippen LogP contribution in [-0.2, 0) is 27.5 Å². The molecule has 10 heteroatoms. The van der Waals surface area contributed by atoms with E-state index in [1.165, 1.54) is 11.1 Å². The van der Waals surface area contributed by atoms with Crippen LogP contribution in [0.1, 0.15) is 37.4 Å². The van der Waals surface area contributed by atoms with Crippen LogP contribution in [0.3, 0.4) is 0 Å². The monoisotopic (exact) mass is 411 g/mol. The summed E-state index contributed by atoms with van der Waals surface area (Å²) in [5.74, 6) is -3.33. The first-order valence-electron chi connectivity index (χ1n) is 9.41. The number of rotatable bonds is 15. The zero-order valence-electron chi connectivity index (χ0n) is 16.5. The Hall–Kier alpha value is -2.56. The van der Waals surface area contributed by atoms with Crippen molar-refractivity contribution in [1.29, 1.82) is 0 Å². The molecule has 0 saturated heterocycles. The van der Waals surface area contributed by atoms with Gasteiger partial charge in [0.25, 0.3) is 0 Å². The van der Waals surface area contributed by atoms with E-state index < -0.39 is 31.0 Å². The van der Waals surface area contributed by atoms with Gasteiger partial charge in [-0.25, -0.2) is 0 Å². The Morgan fingerprint density at radius 2 is 1.66 bits per heavy atom. The number of hydrogen-bond donors (Lipinski definition) is 4. The maximum Gasteiger partial charge on any atom is 0.317 e. The number of aliphatic hydroxyl groups excluding tert-OH is 1. The summed E-state index contributed by atoms with van der Waals surface area (Å²) in [7, 11) is 0. The molecule has 1 heterocycles. The molecular formula is C19H29N3O7. The van der Waals surface area contributed by atoms with Crippen molar-refractivity contribution in [2.24, 2.45) is 0 Å². The Labute approximate surface area is 169 Å². The third-order valence-electron chi connectivity index (χ3n) is 4.37. The molecule has 1 aromatic heterocycles. The first-order valence-corrected chi connectivity index (χ1v) is 9.41. The Morgan fingerprint density at radius 3 is 2.10 bits per heavy atom. The second-order valence-electron chi connectivity index (χ2n) is 6.87. The van der Waals surface area contributed by atoms with Crippen molar-refractivity contribution in [2.75, 3.05) is 26.2 Å². The van der Waals surface area contributed by atoms with E-state index in [4.69, 9.17) is 15.3 Å². The SMILES string of the molecule is CCCCC(CN(CC(=O)O)CC(=O)O)N(CC(=O)O)Cc1ccc(CO)cn1. The van der Waals surface area contributed by atoms with E-state index in [0.29, 0.717) is 17.7 Å². The molecule has 0 fully saturated rings. The van der Waals surface area contributed by atoms with Gasteiger partial charge in [0.15, 0.2) is 0 Å². The molecular weight excluding hydrogens is 382 g/mol. The molecule has 10 nitrogen and oxygen atoms in total. The molecule has 0 aliphatic carbocycles. The van der Waals surface area contributed by atoms with E-state index in [1.54, 1.807) is 17.0 Å². The molecule has 0 radical (unpaired) electrons. The van der Waals surface area contributed by atoms with Crippen molar-refractivity contribution >= 4 is 17.9 Å². The van der Waals surface area contributed by atoms with E-state index in [9.17, 15) is 19.5 Å². The fourth-order valence-corrected chi connectivity index (χ4v) is 3.03. The molecule has 0 spiro atoms. The minimum atomic E-state index is -1.15. The summed E-state index contributed by atoms with van der Waals surface area (Å²) in [5.41, 5.74) is 1.24. The van der Waals surface area contributed by atoms with Crippen LogP contribution in [-0.4, -0.2) is 85.3 Å². The number of aromatic nitrogens is 1. The first kappa shape index (κ1) is 24.5. The van der Waals surface area contributed by atoms with Gasteiger partial charge in [0.2, 0.25) is 0 Å². The lowest BCUT2D eigenvalue weighted by Crippen LogP contribution is -2.48. The van der Waals surface area contributed by atoms with Crippen molar-refractivity contribution in [3.8, 4) is 0 Å². The van der Waals surface area contributed by atoms with Crippen molar-refractivity contribution < 1.29 is 34.8 Å². The van der Waals surface area contributed by atoms with Gasteiger partial charge in [-0.2, -0.15) is 0 Å². The Kier molecular flexibility index (Phi) is 10.8. The number of pyridine rings is 1. The zero-order chi connectivity index (χ0) is 21.8. The number of carboxylic acid groups (broad SMARTS) is 3. The Bertz CT molecular complexity index is 650. The second-order valence-corrected chi connectivity index (χ2v) is 6.87. The van der Waals surface area contributed by atoms with Gasteiger partial charge in [-0.1, -0.05) is 25.8 Å². The van der Waals surface area contributed by atoms with Crippen LogP contribution in [0.25, 0.3) is 0 Å². The molecule has 0 aliphatic heterocycles. The molecule has 29 heavy (non-hydrogen) atoms. The zero-order valence-corrected chi connectivity index (χ0v) is 16.5. The number of carbonyl (C=O) groups is 3. The maximum atomic E-state index is 11.4. The van der Waals surface area contributed by atoms with Gasteiger partial charge in [-0.15, -0.1) is 0 Å². The van der Waals surface area contributed by atoms with E-state index in [2.05, 4.69) is 4.98 Å². The standard InChI is InChI=1S/C19H29N3O7/c1-2-3-4-16(9-21(10-17(24)25)11-18(26)27)22(12-19(28)29)8-15-6-5-14(13-23)7-20-15/h5-7,16,23H,2-4,8-13H2,1H3,(H,24,25)(H,26,27)(H,28,29). The lowest BCUT2D eigenvalue weighted by Gasteiger charge is -2.33. The van der Waals surface area contributed by atoms with Crippen molar-refractivity contribution in [2.45, 2.75) is 45.4 Å². The molecule has 1 aromatic rings. The van der Waals surface area contributed by atoms with Gasteiger partial charge in [0.1, 0.15) is 0 Å². The van der Waals surface area contributed by atoms with E-state index in [0.717, 1.165) is 12.8 Å². The maximum absolute atomic E-state index is 11.4. The first-order chi connectivity index (χ1) is 13.7. The van der Waals surface area contributed by atoms with Gasteiger partial charge >= 0.3 is 17.9 Å². The number of aliphatic hydroxyl groups is 1. The van der Waals surface area contributed by atoms with E-state index >= 15 is 0 Å². The average Bonchev–Trinajstić information content (AvgIpc) is 2.63. The van der Waals surface area contributed by atoms with Gasteiger partial charge in [-0.3, -0.25) is 29.2 Å². The fourth-order valence-electron chi connectivity index (χ4n) is 3.03. The van der Waals surface area contributed by atoms with Crippen LogP contribution in [0.5, 0.6) is 0 Å². The van der Waals surface area contributed by atoms with Crippen LogP contribution in [0.15, 0.2) is 18.3 Å². The van der Waals surface area contributed by atoms with Crippen LogP contribution in [0, 0.1) is 0 Å². The lowest BCUT2D eigenvalue weighted by molar-refractivity contribution is -0.144. The highest BCUT2D eigenvalue weighted by Gasteiger charge is 2.25. The van der Waals surface area contributed by atoms with Crippen molar-refractivity contribution in [3.63, 3.8) is 0 Å². The molecule has 0 aliphatic rings. The molecule has 1 rings (SSSR count). The molecule has 0 bridgehead atoms. The van der Waals surface area contributed by atoms with Crippen LogP contribution in [0.2, 0.25) is 0 Å². The number of unbranched alkanes of at least 4 members (excludes halogenated alkanes) is 1. The smallest absolute Gasteiger partial charge is 0.317 e. The number of nitrogens with zero attached hydrogens (tertiary/aromatic N) is 3. The second kappa shape index (κ2) is 12.8. The quantitative estimate of drug-likeness (QED) is 0.321.